The molecule has 7 heteroatoms. The van der Waals surface area contributed by atoms with E-state index in [1.54, 1.807) is 12.1 Å². The van der Waals surface area contributed by atoms with Crippen molar-refractivity contribution >= 4 is 17.0 Å². The highest BCUT2D eigenvalue weighted by Gasteiger charge is 2.65. The Bertz CT molecular complexity index is 643. The molecule has 2 aromatic rings. The normalized spacial score (nSPS) is 17.7. The number of fused-ring (bicyclic) bond motifs is 1. The van der Waals surface area contributed by atoms with E-state index in [0.29, 0.717) is 16.8 Å². The highest BCUT2D eigenvalue weighted by molar-refractivity contribution is 5.80. The molecule has 4 nitrogen and oxygen atoms in total. The summed E-state index contributed by atoms with van der Waals surface area (Å²) in [7, 11) is 1.46. The van der Waals surface area contributed by atoms with Crippen LogP contribution in [0.3, 0.4) is 0 Å². The lowest BCUT2D eigenvalue weighted by Crippen LogP contribution is -2.35. The summed E-state index contributed by atoms with van der Waals surface area (Å²) in [6, 6.07) is 4.78. The molecule has 19 heavy (non-hydrogen) atoms. The van der Waals surface area contributed by atoms with Crippen LogP contribution in [0, 0.1) is 0 Å². The van der Waals surface area contributed by atoms with E-state index in [1.807, 2.05) is 0 Å². The standard InChI is InChI=1S/C12H12F3N3O/c1-19-7-2-3-8-9(6-7)18(10(16)17-8)11(4-5-11)12(13,14)15/h2-3,6H,4-5H2,1H3,(H2,16,17). The lowest BCUT2D eigenvalue weighted by molar-refractivity contribution is -0.178. The van der Waals surface area contributed by atoms with E-state index >= 15 is 0 Å². The van der Waals surface area contributed by atoms with Crippen LogP contribution in [-0.4, -0.2) is 22.8 Å². The molecule has 1 aromatic carbocycles. The van der Waals surface area contributed by atoms with Crippen LogP contribution in [0.25, 0.3) is 11.0 Å². The molecular formula is C12H12F3N3O. The Hall–Kier alpha value is -1.92. The molecule has 0 unspecified atom stereocenters. The minimum absolute atomic E-state index is 0.0311. The van der Waals surface area contributed by atoms with Gasteiger partial charge in [-0.15, -0.1) is 0 Å². The Morgan fingerprint density at radius 1 is 1.37 bits per heavy atom. The first-order valence-electron chi connectivity index (χ1n) is 5.78. The maximum absolute atomic E-state index is 13.2. The second-order valence-corrected chi connectivity index (χ2v) is 4.69. The molecule has 1 saturated carbocycles. The van der Waals surface area contributed by atoms with Crippen molar-refractivity contribution in [3.05, 3.63) is 18.2 Å². The molecule has 0 amide bonds. The first kappa shape index (κ1) is 12.1. The monoisotopic (exact) mass is 271 g/mol. The first-order chi connectivity index (χ1) is 8.89. The fraction of sp³-hybridized carbons (Fsp3) is 0.417. The first-order valence-corrected chi connectivity index (χ1v) is 5.78. The molecule has 102 valence electrons. The van der Waals surface area contributed by atoms with Gasteiger partial charge in [-0.2, -0.15) is 13.2 Å². The number of nitrogens with two attached hydrogens (primary N) is 1. The maximum atomic E-state index is 13.2. The van der Waals surface area contributed by atoms with Crippen molar-refractivity contribution < 1.29 is 17.9 Å². The summed E-state index contributed by atoms with van der Waals surface area (Å²) in [6.45, 7) is 0. The summed E-state index contributed by atoms with van der Waals surface area (Å²) in [5.74, 6) is 0.365. The Balaban J connectivity index is 2.26. The number of hydrogen-bond acceptors (Lipinski definition) is 3. The van der Waals surface area contributed by atoms with Gasteiger partial charge in [0.05, 0.1) is 18.1 Å². The number of benzene rings is 1. The van der Waals surface area contributed by atoms with Crippen LogP contribution in [-0.2, 0) is 5.54 Å². The maximum Gasteiger partial charge on any atom is 0.412 e. The van der Waals surface area contributed by atoms with Gasteiger partial charge in [-0.25, -0.2) is 4.98 Å². The average Bonchev–Trinajstić information content (AvgIpc) is 3.07. The number of methoxy groups -OCH3 is 1. The molecule has 1 aliphatic rings. The third-order valence-corrected chi connectivity index (χ3v) is 3.57. The third kappa shape index (κ3) is 1.57. The SMILES string of the molecule is COc1ccc2nc(N)n(C3(C(F)(F)F)CC3)c2c1. The highest BCUT2D eigenvalue weighted by Crippen LogP contribution is 2.57. The van der Waals surface area contributed by atoms with Gasteiger partial charge in [0.2, 0.25) is 5.95 Å². The number of alkyl halides is 3. The number of hydrogen-bond donors (Lipinski definition) is 1. The Morgan fingerprint density at radius 3 is 2.58 bits per heavy atom. The summed E-state index contributed by atoms with van der Waals surface area (Å²) in [4.78, 5) is 3.99. The zero-order valence-electron chi connectivity index (χ0n) is 10.2. The van der Waals surface area contributed by atoms with E-state index in [-0.39, 0.29) is 18.8 Å². The molecule has 3 rings (SSSR count). The molecule has 0 radical (unpaired) electrons. The van der Waals surface area contributed by atoms with Gasteiger partial charge < -0.3 is 10.5 Å². The number of anilines is 1. The second-order valence-electron chi connectivity index (χ2n) is 4.69. The minimum Gasteiger partial charge on any atom is -0.497 e. The molecule has 0 bridgehead atoms. The van der Waals surface area contributed by atoms with E-state index in [0.717, 1.165) is 4.57 Å². The lowest BCUT2D eigenvalue weighted by Gasteiger charge is -2.22. The molecular weight excluding hydrogens is 259 g/mol. The number of aromatic nitrogens is 2. The summed E-state index contributed by atoms with van der Waals surface area (Å²) in [5, 5.41) is 0. The highest BCUT2D eigenvalue weighted by atomic mass is 19.4. The Labute approximate surface area is 107 Å². The quantitative estimate of drug-likeness (QED) is 0.913. The van der Waals surface area contributed by atoms with Crippen LogP contribution in [0.1, 0.15) is 12.8 Å². The smallest absolute Gasteiger partial charge is 0.412 e. The van der Waals surface area contributed by atoms with E-state index in [1.165, 1.54) is 13.2 Å². The van der Waals surface area contributed by atoms with Crippen LogP contribution < -0.4 is 10.5 Å². The largest absolute Gasteiger partial charge is 0.497 e. The topological polar surface area (TPSA) is 53.1 Å². The molecule has 0 aliphatic heterocycles. The van der Waals surface area contributed by atoms with Gasteiger partial charge in [0, 0.05) is 6.07 Å². The molecule has 0 saturated heterocycles. The zero-order chi connectivity index (χ0) is 13.8. The summed E-state index contributed by atoms with van der Waals surface area (Å²) in [5.41, 5.74) is 4.57. The average molecular weight is 271 g/mol. The fourth-order valence-corrected chi connectivity index (χ4v) is 2.40. The van der Waals surface area contributed by atoms with Crippen molar-refractivity contribution in [2.75, 3.05) is 12.8 Å². The van der Waals surface area contributed by atoms with Gasteiger partial charge in [0.25, 0.3) is 0 Å². The van der Waals surface area contributed by atoms with Crippen molar-refractivity contribution in [2.45, 2.75) is 24.6 Å². The number of nitrogen functional groups attached to an aromatic ring is 1. The van der Waals surface area contributed by atoms with E-state index in [2.05, 4.69) is 4.98 Å². The van der Waals surface area contributed by atoms with Crippen LogP contribution in [0.2, 0.25) is 0 Å². The Morgan fingerprint density at radius 2 is 2.05 bits per heavy atom. The van der Waals surface area contributed by atoms with Crippen molar-refractivity contribution in [1.29, 1.82) is 0 Å². The molecule has 1 aromatic heterocycles. The van der Waals surface area contributed by atoms with Crippen molar-refractivity contribution in [1.82, 2.24) is 9.55 Å². The predicted molar refractivity (Wildman–Crippen MR) is 64.0 cm³/mol. The second kappa shape index (κ2) is 3.55. The van der Waals surface area contributed by atoms with E-state index in [9.17, 15) is 13.2 Å². The molecule has 1 fully saturated rings. The zero-order valence-corrected chi connectivity index (χ0v) is 10.2. The molecule has 1 aliphatic carbocycles. The molecule has 0 atom stereocenters. The van der Waals surface area contributed by atoms with Crippen LogP contribution in [0.15, 0.2) is 18.2 Å². The summed E-state index contributed by atoms with van der Waals surface area (Å²) >= 11 is 0. The van der Waals surface area contributed by atoms with Crippen LogP contribution in [0.5, 0.6) is 5.75 Å². The van der Waals surface area contributed by atoms with Crippen LogP contribution >= 0.6 is 0 Å². The molecule has 2 N–H and O–H groups in total. The van der Waals surface area contributed by atoms with E-state index in [4.69, 9.17) is 10.5 Å². The number of nitrogens with zero attached hydrogens (tertiary/aromatic N) is 2. The van der Waals surface area contributed by atoms with Crippen molar-refractivity contribution in [3.8, 4) is 5.75 Å². The van der Waals surface area contributed by atoms with Gasteiger partial charge in [0.15, 0.2) is 0 Å². The van der Waals surface area contributed by atoms with Gasteiger partial charge in [-0.05, 0) is 25.0 Å². The van der Waals surface area contributed by atoms with Gasteiger partial charge in [0.1, 0.15) is 11.3 Å². The van der Waals surface area contributed by atoms with Gasteiger partial charge in [-0.1, -0.05) is 0 Å². The lowest BCUT2D eigenvalue weighted by atomic mass is 10.2. The number of ether oxygens (including phenoxy) is 1. The van der Waals surface area contributed by atoms with Crippen molar-refractivity contribution in [3.63, 3.8) is 0 Å². The summed E-state index contributed by atoms with van der Waals surface area (Å²) in [6.07, 6.45) is -4.27. The van der Waals surface area contributed by atoms with Gasteiger partial charge >= 0.3 is 6.18 Å². The number of halogens is 3. The van der Waals surface area contributed by atoms with Crippen LogP contribution in [0.4, 0.5) is 19.1 Å². The molecule has 1 heterocycles. The predicted octanol–water partition coefficient (Wildman–Crippen LogP) is 2.68. The van der Waals surface area contributed by atoms with Crippen molar-refractivity contribution in [2.24, 2.45) is 0 Å². The fourth-order valence-electron chi connectivity index (χ4n) is 2.40. The van der Waals surface area contributed by atoms with E-state index < -0.39 is 11.7 Å². The number of imidazole rings is 1. The third-order valence-electron chi connectivity index (χ3n) is 3.57. The minimum atomic E-state index is -4.34. The van der Waals surface area contributed by atoms with Gasteiger partial charge in [-0.3, -0.25) is 4.57 Å². The number of rotatable bonds is 2. The molecule has 0 spiro atoms. The Kier molecular flexibility index (Phi) is 2.27. The summed E-state index contributed by atoms with van der Waals surface area (Å²) < 4.78 is 45.8.